The monoisotopic (exact) mass is 154 g/mol. The summed E-state index contributed by atoms with van der Waals surface area (Å²) in [6.45, 7) is 4.61. The first-order chi connectivity index (χ1) is 5.24. The van der Waals surface area contributed by atoms with E-state index < -0.39 is 0 Å². The van der Waals surface area contributed by atoms with Crippen molar-refractivity contribution < 1.29 is 0 Å². The second-order valence-electron chi connectivity index (χ2n) is 3.53. The Morgan fingerprint density at radius 2 is 1.82 bits per heavy atom. The van der Waals surface area contributed by atoms with Gasteiger partial charge in [-0.1, -0.05) is 6.58 Å². The lowest BCUT2D eigenvalue weighted by Gasteiger charge is -2.27. The van der Waals surface area contributed by atoms with Crippen LogP contribution in [0.1, 0.15) is 25.7 Å². The van der Waals surface area contributed by atoms with Gasteiger partial charge < -0.3 is 11.5 Å². The van der Waals surface area contributed by atoms with Crippen molar-refractivity contribution in [2.24, 2.45) is 23.3 Å². The molecule has 1 aliphatic carbocycles. The van der Waals surface area contributed by atoms with Gasteiger partial charge in [0.25, 0.3) is 0 Å². The fourth-order valence-corrected chi connectivity index (χ4v) is 1.77. The fraction of sp³-hybridized carbons (Fsp3) is 0.778. The summed E-state index contributed by atoms with van der Waals surface area (Å²) < 4.78 is 0. The number of rotatable bonds is 2. The van der Waals surface area contributed by atoms with E-state index >= 15 is 0 Å². The SMILES string of the molecule is C=C(N)[C@H]1CC[C@H](CN)CC1. The van der Waals surface area contributed by atoms with Gasteiger partial charge in [0.05, 0.1) is 0 Å². The van der Waals surface area contributed by atoms with Crippen LogP contribution in [0.4, 0.5) is 0 Å². The highest BCUT2D eigenvalue weighted by molar-refractivity contribution is 4.96. The van der Waals surface area contributed by atoms with E-state index in [1.54, 1.807) is 0 Å². The Hall–Kier alpha value is -0.500. The number of hydrogen-bond donors (Lipinski definition) is 2. The molecule has 1 fully saturated rings. The Morgan fingerprint density at radius 1 is 1.27 bits per heavy atom. The predicted octanol–water partition coefficient (Wildman–Crippen LogP) is 1.22. The molecule has 11 heavy (non-hydrogen) atoms. The Kier molecular flexibility index (Phi) is 2.94. The molecule has 0 bridgehead atoms. The van der Waals surface area contributed by atoms with Crippen molar-refractivity contribution in [1.29, 1.82) is 0 Å². The second kappa shape index (κ2) is 3.77. The van der Waals surface area contributed by atoms with Gasteiger partial charge in [0.1, 0.15) is 0 Å². The molecule has 2 nitrogen and oxygen atoms in total. The van der Waals surface area contributed by atoms with Crippen LogP contribution in [0.5, 0.6) is 0 Å². The maximum absolute atomic E-state index is 5.63. The smallest absolute Gasteiger partial charge is 0.00390 e. The summed E-state index contributed by atoms with van der Waals surface area (Å²) >= 11 is 0. The molecule has 0 spiro atoms. The first-order valence-corrected chi connectivity index (χ1v) is 4.38. The van der Waals surface area contributed by atoms with Gasteiger partial charge in [-0.2, -0.15) is 0 Å². The third kappa shape index (κ3) is 2.22. The number of allylic oxidation sites excluding steroid dienone is 1. The molecular formula is C9H18N2. The molecule has 0 aromatic carbocycles. The molecule has 0 heterocycles. The zero-order valence-corrected chi connectivity index (χ0v) is 7.05. The van der Waals surface area contributed by atoms with Crippen LogP contribution in [0.3, 0.4) is 0 Å². The molecule has 0 aliphatic heterocycles. The lowest BCUT2D eigenvalue weighted by atomic mass is 9.81. The summed E-state index contributed by atoms with van der Waals surface area (Å²) in [5, 5.41) is 0. The molecule has 0 amide bonds. The van der Waals surface area contributed by atoms with Crippen LogP contribution in [0.15, 0.2) is 12.3 Å². The van der Waals surface area contributed by atoms with Crippen LogP contribution in [0, 0.1) is 11.8 Å². The quantitative estimate of drug-likeness (QED) is 0.628. The molecule has 1 rings (SSSR count). The Morgan fingerprint density at radius 3 is 2.18 bits per heavy atom. The minimum absolute atomic E-state index is 0.567. The molecule has 0 aromatic heterocycles. The average Bonchev–Trinajstić information content (AvgIpc) is 2.05. The minimum atomic E-state index is 0.567. The zero-order valence-electron chi connectivity index (χ0n) is 7.05. The first kappa shape index (κ1) is 8.60. The van der Waals surface area contributed by atoms with Crippen molar-refractivity contribution in [2.75, 3.05) is 6.54 Å². The van der Waals surface area contributed by atoms with Crippen molar-refractivity contribution >= 4 is 0 Å². The minimum Gasteiger partial charge on any atom is -0.402 e. The molecule has 0 atom stereocenters. The summed E-state index contributed by atoms with van der Waals surface area (Å²) in [5.41, 5.74) is 12.1. The van der Waals surface area contributed by atoms with Crippen LogP contribution in [-0.4, -0.2) is 6.54 Å². The van der Waals surface area contributed by atoms with Crippen molar-refractivity contribution in [3.8, 4) is 0 Å². The highest BCUT2D eigenvalue weighted by Crippen LogP contribution is 2.30. The third-order valence-corrected chi connectivity index (χ3v) is 2.70. The molecule has 0 aromatic rings. The third-order valence-electron chi connectivity index (χ3n) is 2.70. The van der Waals surface area contributed by atoms with E-state index in [-0.39, 0.29) is 0 Å². The predicted molar refractivity (Wildman–Crippen MR) is 47.8 cm³/mol. The van der Waals surface area contributed by atoms with E-state index in [9.17, 15) is 0 Å². The van der Waals surface area contributed by atoms with Gasteiger partial charge in [0.2, 0.25) is 0 Å². The van der Waals surface area contributed by atoms with Crippen molar-refractivity contribution in [3.05, 3.63) is 12.3 Å². The zero-order chi connectivity index (χ0) is 8.27. The van der Waals surface area contributed by atoms with Crippen molar-refractivity contribution in [1.82, 2.24) is 0 Å². The van der Waals surface area contributed by atoms with Crippen molar-refractivity contribution in [2.45, 2.75) is 25.7 Å². The van der Waals surface area contributed by atoms with Crippen LogP contribution < -0.4 is 11.5 Å². The molecule has 2 heteroatoms. The lowest BCUT2D eigenvalue weighted by molar-refractivity contribution is 0.306. The summed E-state index contributed by atoms with van der Waals surface area (Å²) in [5.74, 6) is 1.31. The van der Waals surface area contributed by atoms with E-state index in [0.717, 1.165) is 18.2 Å². The Bertz CT molecular complexity index is 134. The number of hydrogen-bond acceptors (Lipinski definition) is 2. The molecule has 64 valence electrons. The fourth-order valence-electron chi connectivity index (χ4n) is 1.77. The van der Waals surface area contributed by atoms with Gasteiger partial charge in [0, 0.05) is 5.70 Å². The largest absolute Gasteiger partial charge is 0.402 e. The highest BCUT2D eigenvalue weighted by atomic mass is 14.6. The van der Waals surface area contributed by atoms with Crippen molar-refractivity contribution in [3.63, 3.8) is 0 Å². The van der Waals surface area contributed by atoms with E-state index in [2.05, 4.69) is 6.58 Å². The highest BCUT2D eigenvalue weighted by Gasteiger charge is 2.20. The molecule has 0 unspecified atom stereocenters. The van der Waals surface area contributed by atoms with Gasteiger partial charge in [-0.05, 0) is 44.1 Å². The number of nitrogens with two attached hydrogens (primary N) is 2. The maximum atomic E-state index is 5.63. The summed E-state index contributed by atoms with van der Waals surface area (Å²) in [6.07, 6.45) is 4.85. The average molecular weight is 154 g/mol. The van der Waals surface area contributed by atoms with E-state index in [0.29, 0.717) is 5.92 Å². The van der Waals surface area contributed by atoms with Gasteiger partial charge in [-0.15, -0.1) is 0 Å². The van der Waals surface area contributed by atoms with Crippen LogP contribution >= 0.6 is 0 Å². The molecular weight excluding hydrogens is 136 g/mol. The van der Waals surface area contributed by atoms with Crippen LogP contribution in [-0.2, 0) is 0 Å². The summed E-state index contributed by atoms with van der Waals surface area (Å²) in [7, 11) is 0. The molecule has 1 saturated carbocycles. The molecule has 0 saturated heterocycles. The van der Waals surface area contributed by atoms with Crippen LogP contribution in [0.25, 0.3) is 0 Å². The van der Waals surface area contributed by atoms with Crippen LogP contribution in [0.2, 0.25) is 0 Å². The Balaban J connectivity index is 2.30. The van der Waals surface area contributed by atoms with Gasteiger partial charge in [0.15, 0.2) is 0 Å². The molecule has 1 aliphatic rings. The lowest BCUT2D eigenvalue weighted by Crippen LogP contribution is -2.23. The Labute approximate surface area is 68.6 Å². The van der Waals surface area contributed by atoms with E-state index in [1.165, 1.54) is 25.7 Å². The van der Waals surface area contributed by atoms with Gasteiger partial charge in [-0.25, -0.2) is 0 Å². The first-order valence-electron chi connectivity index (χ1n) is 4.38. The maximum Gasteiger partial charge on any atom is 0.00390 e. The molecule has 4 N–H and O–H groups in total. The van der Waals surface area contributed by atoms with Gasteiger partial charge >= 0.3 is 0 Å². The standard InChI is InChI=1S/C9H18N2/c1-7(11)9-4-2-8(6-10)3-5-9/h8-9H,1-6,10-11H2/t8-,9-. The normalized spacial score (nSPS) is 31.7. The summed E-state index contributed by atoms with van der Waals surface area (Å²) in [6, 6.07) is 0. The second-order valence-corrected chi connectivity index (χ2v) is 3.53. The topological polar surface area (TPSA) is 52.0 Å². The van der Waals surface area contributed by atoms with E-state index in [1.807, 2.05) is 0 Å². The van der Waals surface area contributed by atoms with E-state index in [4.69, 9.17) is 11.5 Å². The summed E-state index contributed by atoms with van der Waals surface area (Å²) in [4.78, 5) is 0. The van der Waals surface area contributed by atoms with Gasteiger partial charge in [-0.3, -0.25) is 0 Å². The molecule has 0 radical (unpaired) electrons.